The molecule has 0 fully saturated rings. The molecule has 1 aliphatic heterocycles. The van der Waals surface area contributed by atoms with Crippen LogP contribution in [0.25, 0.3) is 0 Å². The lowest BCUT2D eigenvalue weighted by atomic mass is 10.1. The van der Waals surface area contributed by atoms with Crippen molar-refractivity contribution in [2.45, 2.75) is 6.92 Å². The van der Waals surface area contributed by atoms with Crippen molar-refractivity contribution in [1.29, 1.82) is 0 Å². The van der Waals surface area contributed by atoms with Crippen molar-refractivity contribution >= 4 is 46.6 Å². The lowest BCUT2D eigenvalue weighted by Gasteiger charge is -2.17. The van der Waals surface area contributed by atoms with Crippen molar-refractivity contribution in [3.05, 3.63) is 64.8 Å². The number of rotatable bonds is 6. The van der Waals surface area contributed by atoms with E-state index in [1.807, 2.05) is 6.92 Å². The van der Waals surface area contributed by atoms with Gasteiger partial charge in [0, 0.05) is 25.3 Å². The fourth-order valence-corrected chi connectivity index (χ4v) is 3.57. The highest BCUT2D eigenvalue weighted by Gasteiger charge is 2.22. The van der Waals surface area contributed by atoms with E-state index in [0.717, 1.165) is 0 Å². The maximum absolute atomic E-state index is 12.6. The van der Waals surface area contributed by atoms with Crippen molar-refractivity contribution in [3.63, 3.8) is 0 Å². The summed E-state index contributed by atoms with van der Waals surface area (Å²) < 4.78 is 5.78. The molecule has 0 saturated carbocycles. The summed E-state index contributed by atoms with van der Waals surface area (Å²) in [5.41, 5.74) is 2.19. The number of amides is 2. The predicted molar refractivity (Wildman–Crippen MR) is 127 cm³/mol. The average Bonchev–Trinajstić information content (AvgIpc) is 2.99. The van der Waals surface area contributed by atoms with Crippen LogP contribution in [0.15, 0.2) is 48.7 Å². The zero-order valence-corrected chi connectivity index (χ0v) is 18.9. The fourth-order valence-electron chi connectivity index (χ4n) is 3.43. The number of carbonyl (C=O) groups is 2. The number of hydrogen-bond donors (Lipinski definition) is 3. The van der Waals surface area contributed by atoms with Gasteiger partial charge < -0.3 is 25.6 Å². The topological polar surface area (TPSA) is 108 Å². The van der Waals surface area contributed by atoms with Gasteiger partial charge >= 0.3 is 0 Å². The van der Waals surface area contributed by atoms with Crippen molar-refractivity contribution in [2.24, 2.45) is 0 Å². The summed E-state index contributed by atoms with van der Waals surface area (Å²) in [5.74, 6) is 0.843. The van der Waals surface area contributed by atoms with E-state index in [1.165, 1.54) is 6.20 Å². The van der Waals surface area contributed by atoms with E-state index in [1.54, 1.807) is 54.4 Å². The predicted octanol–water partition coefficient (Wildman–Crippen LogP) is 3.83. The number of anilines is 4. The molecular formula is C23H23ClN6O3. The van der Waals surface area contributed by atoms with E-state index < -0.39 is 0 Å². The van der Waals surface area contributed by atoms with Gasteiger partial charge in [-0.3, -0.25) is 9.59 Å². The van der Waals surface area contributed by atoms with Gasteiger partial charge in [-0.25, -0.2) is 4.98 Å². The number of likely N-dealkylation sites (N-methyl/N-ethyl adjacent to an activating group) is 1. The summed E-state index contributed by atoms with van der Waals surface area (Å²) in [6.07, 6.45) is 1.46. The van der Waals surface area contributed by atoms with Gasteiger partial charge in [-0.2, -0.15) is 4.98 Å². The highest BCUT2D eigenvalue weighted by Crippen LogP contribution is 2.30. The first-order valence-electron chi connectivity index (χ1n) is 10.4. The maximum atomic E-state index is 12.6. The number of aromatic nitrogens is 2. The van der Waals surface area contributed by atoms with Crippen LogP contribution in [0.4, 0.5) is 23.1 Å². The molecule has 0 aliphatic carbocycles. The van der Waals surface area contributed by atoms with E-state index in [9.17, 15) is 9.59 Å². The number of para-hydroxylation sites is 1. The molecule has 33 heavy (non-hydrogen) atoms. The maximum Gasteiger partial charge on any atom is 0.257 e. The third-order valence-electron chi connectivity index (χ3n) is 5.15. The van der Waals surface area contributed by atoms with Crippen LogP contribution in [0.1, 0.15) is 27.6 Å². The summed E-state index contributed by atoms with van der Waals surface area (Å²) >= 11 is 6.29. The number of nitrogens with zero attached hydrogens (tertiary/aromatic N) is 3. The van der Waals surface area contributed by atoms with Crippen molar-refractivity contribution in [2.75, 3.05) is 37.4 Å². The third-order valence-corrected chi connectivity index (χ3v) is 5.43. The van der Waals surface area contributed by atoms with E-state index in [2.05, 4.69) is 25.9 Å². The van der Waals surface area contributed by atoms with Crippen LogP contribution in [0.5, 0.6) is 5.75 Å². The van der Waals surface area contributed by atoms with Gasteiger partial charge in [0.1, 0.15) is 17.4 Å². The van der Waals surface area contributed by atoms with Gasteiger partial charge in [0.15, 0.2) is 5.82 Å². The first-order chi connectivity index (χ1) is 16.0. The molecule has 0 bridgehead atoms. The second kappa shape index (κ2) is 9.74. The molecule has 2 amide bonds. The second-order valence-electron chi connectivity index (χ2n) is 7.21. The molecule has 170 valence electrons. The van der Waals surface area contributed by atoms with Gasteiger partial charge in [-0.1, -0.05) is 23.7 Å². The van der Waals surface area contributed by atoms with Gasteiger partial charge in [-0.05, 0) is 31.2 Å². The Labute approximate surface area is 196 Å². The first kappa shape index (κ1) is 22.3. The minimum absolute atomic E-state index is 0.0550. The van der Waals surface area contributed by atoms with Crippen LogP contribution in [0.2, 0.25) is 5.02 Å². The summed E-state index contributed by atoms with van der Waals surface area (Å²) in [5, 5.41) is 9.11. The highest BCUT2D eigenvalue weighted by molar-refractivity contribution is 6.33. The Morgan fingerprint density at radius 1 is 1.21 bits per heavy atom. The van der Waals surface area contributed by atoms with E-state index in [0.29, 0.717) is 58.8 Å². The average molecular weight is 467 g/mol. The van der Waals surface area contributed by atoms with Crippen LogP contribution in [0.3, 0.4) is 0 Å². The molecule has 0 saturated heterocycles. The molecule has 1 aromatic heterocycles. The SMILES string of the molecule is CCN1CCOc2cc(Nc3ncc(Cl)c(Nc4ccccc4C(=O)NC)n3)ccc2C1=O. The molecule has 1 aliphatic rings. The zero-order chi connectivity index (χ0) is 23.4. The fraction of sp³-hybridized carbons (Fsp3) is 0.217. The molecular weight excluding hydrogens is 444 g/mol. The highest BCUT2D eigenvalue weighted by atomic mass is 35.5. The quantitative estimate of drug-likeness (QED) is 0.506. The molecule has 0 radical (unpaired) electrons. The van der Waals surface area contributed by atoms with Crippen molar-refractivity contribution < 1.29 is 14.3 Å². The Hall–Kier alpha value is -3.85. The van der Waals surface area contributed by atoms with Gasteiger partial charge in [-0.15, -0.1) is 0 Å². The Balaban J connectivity index is 1.58. The normalized spacial score (nSPS) is 12.9. The number of ether oxygens (including phenoxy) is 1. The summed E-state index contributed by atoms with van der Waals surface area (Å²) in [4.78, 5) is 35.2. The van der Waals surface area contributed by atoms with Crippen LogP contribution in [0, 0.1) is 0 Å². The number of halogens is 1. The Kier molecular flexibility index (Phi) is 6.60. The number of benzene rings is 2. The monoisotopic (exact) mass is 466 g/mol. The first-order valence-corrected chi connectivity index (χ1v) is 10.8. The van der Waals surface area contributed by atoms with Gasteiger partial charge in [0.25, 0.3) is 11.8 Å². The third kappa shape index (κ3) is 4.83. The molecule has 0 spiro atoms. The molecule has 2 heterocycles. The number of hydrogen-bond acceptors (Lipinski definition) is 7. The summed E-state index contributed by atoms with van der Waals surface area (Å²) in [6, 6.07) is 12.3. The number of carbonyl (C=O) groups excluding carboxylic acids is 2. The Morgan fingerprint density at radius 2 is 2.03 bits per heavy atom. The van der Waals surface area contributed by atoms with Crippen LogP contribution in [-0.2, 0) is 0 Å². The summed E-state index contributed by atoms with van der Waals surface area (Å²) in [6.45, 7) is 3.53. The van der Waals surface area contributed by atoms with Gasteiger partial charge in [0.2, 0.25) is 5.95 Å². The summed E-state index contributed by atoms with van der Waals surface area (Å²) in [7, 11) is 1.57. The van der Waals surface area contributed by atoms with Crippen LogP contribution >= 0.6 is 11.6 Å². The number of nitrogens with one attached hydrogen (secondary N) is 3. The lowest BCUT2D eigenvalue weighted by Crippen LogP contribution is -2.31. The molecule has 9 nitrogen and oxygen atoms in total. The van der Waals surface area contributed by atoms with Crippen LogP contribution < -0.4 is 20.7 Å². The zero-order valence-electron chi connectivity index (χ0n) is 18.2. The van der Waals surface area contributed by atoms with E-state index in [-0.39, 0.29) is 17.8 Å². The molecule has 4 rings (SSSR count). The van der Waals surface area contributed by atoms with Crippen molar-refractivity contribution in [1.82, 2.24) is 20.2 Å². The van der Waals surface area contributed by atoms with E-state index in [4.69, 9.17) is 16.3 Å². The Bertz CT molecular complexity index is 1200. The second-order valence-corrected chi connectivity index (χ2v) is 7.62. The minimum Gasteiger partial charge on any atom is -0.491 e. The van der Waals surface area contributed by atoms with Crippen molar-refractivity contribution in [3.8, 4) is 5.75 Å². The molecule has 0 atom stereocenters. The molecule has 2 aromatic carbocycles. The molecule has 3 N–H and O–H groups in total. The lowest BCUT2D eigenvalue weighted by molar-refractivity contribution is 0.0764. The molecule has 0 unspecified atom stereocenters. The smallest absolute Gasteiger partial charge is 0.257 e. The van der Waals surface area contributed by atoms with E-state index >= 15 is 0 Å². The minimum atomic E-state index is -0.234. The largest absolute Gasteiger partial charge is 0.491 e. The Morgan fingerprint density at radius 3 is 2.82 bits per heavy atom. The molecule has 10 heteroatoms. The standard InChI is InChI=1S/C23H23ClN6O3/c1-3-30-10-11-33-19-12-14(8-9-16(19)22(30)32)27-23-26-13-17(24)20(29-23)28-18-7-5-4-6-15(18)21(31)25-2/h4-9,12-13H,3,10-11H2,1-2H3,(H,25,31)(H2,26,27,28,29). The number of fused-ring (bicyclic) bond motifs is 1. The van der Waals surface area contributed by atoms with Gasteiger partial charge in [0.05, 0.1) is 29.6 Å². The van der Waals surface area contributed by atoms with Crippen LogP contribution in [-0.4, -0.2) is 53.4 Å². The molecule has 3 aromatic rings.